The largest absolute Gasteiger partial charge is 0.467 e. The Morgan fingerprint density at radius 1 is 1.10 bits per heavy atom. The molecule has 2 aliphatic rings. The van der Waals surface area contributed by atoms with Gasteiger partial charge in [-0.25, -0.2) is 4.79 Å². The predicted octanol–water partition coefficient (Wildman–Crippen LogP) is 2.95. The number of amides is 1. The van der Waals surface area contributed by atoms with Crippen LogP contribution in [0.15, 0.2) is 12.1 Å². The van der Waals surface area contributed by atoms with Crippen LogP contribution in [-0.2, 0) is 9.53 Å². The number of piperidine rings is 1. The summed E-state index contributed by atoms with van der Waals surface area (Å²) in [5.41, 5.74) is 0.140. The summed E-state index contributed by atoms with van der Waals surface area (Å²) in [6.07, 6.45) is 2.87. The third-order valence-electron chi connectivity index (χ3n) is 6.40. The molecule has 2 saturated heterocycles. The maximum absolute atomic E-state index is 12.8. The number of carbonyl (C=O) groups excluding carboxylic acids is 3. The number of hydrogen-bond donors (Lipinski definition) is 1. The van der Waals surface area contributed by atoms with E-state index in [4.69, 9.17) is 17.0 Å². The molecule has 1 aromatic rings. The van der Waals surface area contributed by atoms with Crippen LogP contribution in [0.4, 0.5) is 0 Å². The smallest absolute Gasteiger partial charge is 0.328 e. The van der Waals surface area contributed by atoms with E-state index >= 15 is 0 Å². The lowest BCUT2D eigenvalue weighted by atomic mass is 9.78. The SMILES string of the molecule is COC(=O)C(NC(=S)N1CCC2(CCN(C(=O)c3ccc(C(C)=O)s3)CC2)C1)C(C)C. The van der Waals surface area contributed by atoms with E-state index in [2.05, 4.69) is 10.2 Å². The summed E-state index contributed by atoms with van der Waals surface area (Å²) in [6, 6.07) is 3.02. The van der Waals surface area contributed by atoms with Crippen molar-refractivity contribution in [2.75, 3.05) is 33.3 Å². The second-order valence-electron chi connectivity index (χ2n) is 8.88. The fourth-order valence-electron chi connectivity index (χ4n) is 4.35. The number of thiophene rings is 1. The van der Waals surface area contributed by atoms with Gasteiger partial charge in [0.15, 0.2) is 10.9 Å². The van der Waals surface area contributed by atoms with Gasteiger partial charge in [-0.1, -0.05) is 13.8 Å². The van der Waals surface area contributed by atoms with Crippen LogP contribution in [0.2, 0.25) is 0 Å². The number of rotatable bonds is 5. The number of likely N-dealkylation sites (tertiary alicyclic amines) is 2. The highest BCUT2D eigenvalue weighted by Gasteiger charge is 2.42. The van der Waals surface area contributed by atoms with Gasteiger partial charge in [0.25, 0.3) is 5.91 Å². The zero-order chi connectivity index (χ0) is 22.8. The standard InChI is InChI=1S/C22H31N3O4S2/c1-14(2)18(20(28)29-4)23-21(30)25-12-9-22(13-25)7-10-24(11-8-22)19(27)17-6-5-16(31-17)15(3)26/h5-6,14,18H,7-13H2,1-4H3,(H,23,30). The van der Waals surface area contributed by atoms with Crippen molar-refractivity contribution < 1.29 is 19.1 Å². The first kappa shape index (κ1) is 23.7. The van der Waals surface area contributed by atoms with Crippen molar-refractivity contribution in [2.45, 2.75) is 46.1 Å². The van der Waals surface area contributed by atoms with Crippen molar-refractivity contribution >= 4 is 46.3 Å². The van der Waals surface area contributed by atoms with E-state index < -0.39 is 6.04 Å². The number of thiocarbonyl (C=S) groups is 1. The molecule has 0 aliphatic carbocycles. The third-order valence-corrected chi connectivity index (χ3v) is 7.95. The fourth-order valence-corrected chi connectivity index (χ4v) is 5.50. The van der Waals surface area contributed by atoms with Gasteiger partial charge in [-0.2, -0.15) is 0 Å². The summed E-state index contributed by atoms with van der Waals surface area (Å²) in [5.74, 6) is -0.238. The highest BCUT2D eigenvalue weighted by Crippen LogP contribution is 2.41. The molecule has 9 heteroatoms. The molecule has 0 radical (unpaired) electrons. The minimum Gasteiger partial charge on any atom is -0.467 e. The van der Waals surface area contributed by atoms with Gasteiger partial charge >= 0.3 is 5.97 Å². The molecule has 2 aliphatic heterocycles. The molecule has 1 aromatic heterocycles. The van der Waals surface area contributed by atoms with Crippen LogP contribution in [0.5, 0.6) is 0 Å². The molecule has 1 N–H and O–H groups in total. The van der Waals surface area contributed by atoms with Crippen LogP contribution in [0, 0.1) is 11.3 Å². The lowest BCUT2D eigenvalue weighted by Crippen LogP contribution is -2.51. The molecule has 1 unspecified atom stereocenters. The van der Waals surface area contributed by atoms with Crippen LogP contribution in [0.1, 0.15) is 59.4 Å². The Kier molecular flexibility index (Phi) is 7.36. The monoisotopic (exact) mass is 465 g/mol. The Balaban J connectivity index is 1.55. The van der Waals surface area contributed by atoms with Crippen molar-refractivity contribution in [3.63, 3.8) is 0 Å². The molecule has 31 heavy (non-hydrogen) atoms. The summed E-state index contributed by atoms with van der Waals surface area (Å²) in [6.45, 7) is 8.53. The van der Waals surface area contributed by atoms with Gasteiger partial charge in [-0.15, -0.1) is 11.3 Å². The molecule has 1 atom stereocenters. The highest BCUT2D eigenvalue weighted by molar-refractivity contribution is 7.80. The predicted molar refractivity (Wildman–Crippen MR) is 124 cm³/mol. The lowest BCUT2D eigenvalue weighted by Gasteiger charge is -2.39. The number of ether oxygens (including phenoxy) is 1. The van der Waals surface area contributed by atoms with Crippen molar-refractivity contribution in [3.05, 3.63) is 21.9 Å². The first-order chi connectivity index (χ1) is 14.7. The number of esters is 1. The average molecular weight is 466 g/mol. The molecule has 3 heterocycles. The Morgan fingerprint density at radius 2 is 1.68 bits per heavy atom. The molecular formula is C22H31N3O4S2. The second kappa shape index (κ2) is 9.65. The van der Waals surface area contributed by atoms with E-state index in [1.54, 1.807) is 12.1 Å². The molecule has 1 spiro atoms. The quantitative estimate of drug-likeness (QED) is 0.407. The van der Waals surface area contributed by atoms with E-state index in [1.807, 2.05) is 18.7 Å². The zero-order valence-electron chi connectivity index (χ0n) is 18.6. The lowest BCUT2D eigenvalue weighted by molar-refractivity contribution is -0.143. The van der Waals surface area contributed by atoms with Gasteiger partial charge in [0, 0.05) is 26.2 Å². The number of hydrogen-bond acceptors (Lipinski definition) is 6. The molecule has 0 bridgehead atoms. The topological polar surface area (TPSA) is 79.0 Å². The average Bonchev–Trinajstić information content (AvgIpc) is 3.39. The molecule has 170 valence electrons. The third kappa shape index (κ3) is 5.26. The summed E-state index contributed by atoms with van der Waals surface area (Å²) in [7, 11) is 1.39. The van der Waals surface area contributed by atoms with Crippen LogP contribution in [0.3, 0.4) is 0 Å². The van der Waals surface area contributed by atoms with Crippen LogP contribution >= 0.6 is 23.6 Å². The fraction of sp³-hybridized carbons (Fsp3) is 0.636. The van der Waals surface area contributed by atoms with Crippen molar-refractivity contribution in [2.24, 2.45) is 11.3 Å². The van der Waals surface area contributed by atoms with Crippen molar-refractivity contribution in [1.29, 1.82) is 0 Å². The van der Waals surface area contributed by atoms with Crippen molar-refractivity contribution in [3.8, 4) is 0 Å². The summed E-state index contributed by atoms with van der Waals surface area (Å²) in [4.78, 5) is 41.7. The molecule has 0 aromatic carbocycles. The van der Waals surface area contributed by atoms with Gasteiger partial charge in [0.05, 0.1) is 16.9 Å². The van der Waals surface area contributed by atoms with Crippen LogP contribution < -0.4 is 5.32 Å². The Labute approximate surface area is 193 Å². The maximum Gasteiger partial charge on any atom is 0.328 e. The number of nitrogens with one attached hydrogen (secondary N) is 1. The minimum atomic E-state index is -0.459. The van der Waals surface area contributed by atoms with E-state index in [-0.39, 0.29) is 29.0 Å². The Morgan fingerprint density at radius 3 is 2.19 bits per heavy atom. The second-order valence-corrected chi connectivity index (χ2v) is 10.3. The highest BCUT2D eigenvalue weighted by atomic mass is 32.1. The molecule has 2 fully saturated rings. The number of Topliss-reactive ketones (excluding diaryl/α,β-unsaturated/α-hetero) is 1. The van der Waals surface area contributed by atoms with Crippen LogP contribution in [0.25, 0.3) is 0 Å². The summed E-state index contributed by atoms with van der Waals surface area (Å²) in [5, 5.41) is 3.78. The van der Waals surface area contributed by atoms with Gasteiger partial charge in [-0.05, 0) is 61.9 Å². The van der Waals surface area contributed by atoms with Crippen molar-refractivity contribution in [1.82, 2.24) is 15.1 Å². The van der Waals surface area contributed by atoms with E-state index in [1.165, 1.54) is 25.4 Å². The number of methoxy groups -OCH3 is 1. The van der Waals surface area contributed by atoms with Gasteiger partial charge in [0.2, 0.25) is 0 Å². The molecule has 7 nitrogen and oxygen atoms in total. The zero-order valence-corrected chi connectivity index (χ0v) is 20.2. The Hall–Kier alpha value is -2.00. The summed E-state index contributed by atoms with van der Waals surface area (Å²) < 4.78 is 4.90. The first-order valence-corrected chi connectivity index (χ1v) is 11.9. The number of nitrogens with zero attached hydrogens (tertiary/aromatic N) is 2. The van der Waals surface area contributed by atoms with E-state index in [0.29, 0.717) is 28.0 Å². The van der Waals surface area contributed by atoms with Crippen LogP contribution in [-0.4, -0.2) is 71.9 Å². The summed E-state index contributed by atoms with van der Waals surface area (Å²) >= 11 is 6.87. The van der Waals surface area contributed by atoms with Gasteiger partial charge in [-0.3, -0.25) is 9.59 Å². The van der Waals surface area contributed by atoms with Gasteiger partial charge < -0.3 is 19.9 Å². The normalized spacial score (nSPS) is 18.9. The number of carbonyl (C=O) groups is 3. The minimum absolute atomic E-state index is 0.0100. The first-order valence-electron chi connectivity index (χ1n) is 10.7. The molecule has 1 amide bonds. The van der Waals surface area contributed by atoms with Gasteiger partial charge in [0.1, 0.15) is 6.04 Å². The molecular weight excluding hydrogens is 434 g/mol. The van der Waals surface area contributed by atoms with E-state index in [9.17, 15) is 14.4 Å². The Bertz CT molecular complexity index is 859. The molecule has 0 saturated carbocycles. The maximum atomic E-state index is 12.8. The molecule has 3 rings (SSSR count). The van der Waals surface area contributed by atoms with E-state index in [0.717, 1.165) is 32.4 Å². The number of ketones is 1.